The van der Waals surface area contributed by atoms with Crippen molar-refractivity contribution in [3.63, 3.8) is 0 Å². The molecule has 0 aromatic rings. The van der Waals surface area contributed by atoms with E-state index in [0.29, 0.717) is 19.3 Å². The van der Waals surface area contributed by atoms with E-state index < -0.39 is 6.10 Å². The molecular formula is C61H108O6. The highest BCUT2D eigenvalue weighted by Crippen LogP contribution is 2.16. The molecule has 0 fully saturated rings. The molecule has 1 unspecified atom stereocenters. The van der Waals surface area contributed by atoms with Gasteiger partial charge in [-0.3, -0.25) is 14.4 Å². The SMILES string of the molecule is CC\C=C/C=C\C=C/CCCCCCCC(=O)OCC(COC(=O)CCCCCCCCCCCC/C=C\C=C/CCCCC)OC(=O)CCCCCCCCCCCCCCCCCCC. The van der Waals surface area contributed by atoms with Gasteiger partial charge in [-0.25, -0.2) is 0 Å². The normalized spacial score (nSPS) is 12.5. The van der Waals surface area contributed by atoms with E-state index in [0.717, 1.165) is 83.5 Å². The van der Waals surface area contributed by atoms with Crippen LogP contribution in [0.5, 0.6) is 0 Å². The van der Waals surface area contributed by atoms with Crippen molar-refractivity contribution in [3.8, 4) is 0 Å². The number of carbonyl (C=O) groups excluding carboxylic acids is 3. The topological polar surface area (TPSA) is 78.9 Å². The summed E-state index contributed by atoms with van der Waals surface area (Å²) in [5.41, 5.74) is 0. The van der Waals surface area contributed by atoms with E-state index in [9.17, 15) is 14.4 Å². The van der Waals surface area contributed by atoms with Gasteiger partial charge >= 0.3 is 17.9 Å². The fourth-order valence-electron chi connectivity index (χ4n) is 8.26. The summed E-state index contributed by atoms with van der Waals surface area (Å²) in [7, 11) is 0. The van der Waals surface area contributed by atoms with Crippen LogP contribution in [0.25, 0.3) is 0 Å². The van der Waals surface area contributed by atoms with Crippen molar-refractivity contribution >= 4 is 17.9 Å². The molecule has 0 heterocycles. The second-order valence-corrected chi connectivity index (χ2v) is 19.3. The predicted molar refractivity (Wildman–Crippen MR) is 288 cm³/mol. The van der Waals surface area contributed by atoms with Crippen molar-refractivity contribution in [2.75, 3.05) is 13.2 Å². The molecule has 1 atom stereocenters. The van der Waals surface area contributed by atoms with Crippen LogP contribution < -0.4 is 0 Å². The summed E-state index contributed by atoms with van der Waals surface area (Å²) in [5.74, 6) is -0.892. The van der Waals surface area contributed by atoms with E-state index in [-0.39, 0.29) is 31.1 Å². The molecular weight excluding hydrogens is 829 g/mol. The largest absolute Gasteiger partial charge is 0.462 e. The van der Waals surface area contributed by atoms with Crippen LogP contribution >= 0.6 is 0 Å². The first-order valence-corrected chi connectivity index (χ1v) is 28.8. The van der Waals surface area contributed by atoms with Gasteiger partial charge in [0.25, 0.3) is 0 Å². The van der Waals surface area contributed by atoms with Crippen molar-refractivity contribution in [2.24, 2.45) is 0 Å². The van der Waals surface area contributed by atoms with Crippen LogP contribution in [-0.2, 0) is 28.6 Å². The number of carbonyl (C=O) groups is 3. The van der Waals surface area contributed by atoms with Crippen LogP contribution in [0.1, 0.15) is 290 Å². The molecule has 0 spiro atoms. The lowest BCUT2D eigenvalue weighted by Gasteiger charge is -2.18. The predicted octanol–water partition coefficient (Wildman–Crippen LogP) is 19.2. The number of allylic oxidation sites excluding steroid dienone is 10. The Hall–Kier alpha value is -2.89. The number of rotatable bonds is 52. The molecule has 0 bridgehead atoms. The summed E-state index contributed by atoms with van der Waals surface area (Å²) in [6.07, 6.45) is 69.2. The van der Waals surface area contributed by atoms with Crippen molar-refractivity contribution in [3.05, 3.63) is 60.8 Å². The van der Waals surface area contributed by atoms with E-state index in [2.05, 4.69) is 81.5 Å². The smallest absolute Gasteiger partial charge is 0.306 e. The van der Waals surface area contributed by atoms with Gasteiger partial charge in [-0.1, -0.05) is 268 Å². The van der Waals surface area contributed by atoms with Gasteiger partial charge in [-0.2, -0.15) is 0 Å². The first-order chi connectivity index (χ1) is 33.0. The van der Waals surface area contributed by atoms with Crippen LogP contribution in [0.4, 0.5) is 0 Å². The molecule has 0 aliphatic heterocycles. The summed E-state index contributed by atoms with van der Waals surface area (Å²) in [4.78, 5) is 38.1. The lowest BCUT2D eigenvalue weighted by Crippen LogP contribution is -2.30. The van der Waals surface area contributed by atoms with E-state index in [1.54, 1.807) is 0 Å². The highest BCUT2D eigenvalue weighted by Gasteiger charge is 2.19. The standard InChI is InChI=1S/C61H108O6/c1-4-7-10-13-16-19-22-25-27-29-30-32-33-36-39-42-45-48-51-54-60(63)66-57-58(56-65-59(62)53-50-47-44-41-38-35-24-21-18-15-12-9-6-3)67-61(64)55-52-49-46-43-40-37-34-31-28-26-23-20-17-14-11-8-5-2/h9,12,15-16,18-19,21-22,24-25,58H,4-8,10-11,13-14,17,20,23,26-57H2,1-3H3/b12-9-,18-15-,19-16-,24-21-,25-22-. The zero-order valence-electron chi connectivity index (χ0n) is 44.4. The molecule has 388 valence electrons. The first kappa shape index (κ1) is 64.1. The lowest BCUT2D eigenvalue weighted by atomic mass is 10.0. The average molecular weight is 938 g/mol. The van der Waals surface area contributed by atoms with Gasteiger partial charge in [0.1, 0.15) is 13.2 Å². The zero-order chi connectivity index (χ0) is 48.6. The van der Waals surface area contributed by atoms with Crippen molar-refractivity contribution in [2.45, 2.75) is 297 Å². The number of unbranched alkanes of at least 4 members (excludes halogenated alkanes) is 34. The Morgan fingerprint density at radius 3 is 0.940 bits per heavy atom. The van der Waals surface area contributed by atoms with Crippen LogP contribution in [0.3, 0.4) is 0 Å². The van der Waals surface area contributed by atoms with Gasteiger partial charge in [-0.15, -0.1) is 0 Å². The molecule has 0 saturated carbocycles. The summed E-state index contributed by atoms with van der Waals surface area (Å²) >= 11 is 0. The molecule has 0 rings (SSSR count). The Kier molecular flexibility index (Phi) is 53.3. The quantitative estimate of drug-likeness (QED) is 0.0262. The fourth-order valence-corrected chi connectivity index (χ4v) is 8.26. The molecule has 0 saturated heterocycles. The van der Waals surface area contributed by atoms with E-state index in [1.165, 1.54) is 167 Å². The third kappa shape index (κ3) is 53.9. The van der Waals surface area contributed by atoms with Crippen LogP contribution in [-0.4, -0.2) is 37.2 Å². The summed E-state index contributed by atoms with van der Waals surface area (Å²) in [6.45, 7) is 6.49. The molecule has 0 aliphatic rings. The van der Waals surface area contributed by atoms with E-state index >= 15 is 0 Å². The number of hydrogen-bond donors (Lipinski definition) is 0. The van der Waals surface area contributed by atoms with Gasteiger partial charge in [-0.05, 0) is 64.2 Å². The van der Waals surface area contributed by atoms with Crippen molar-refractivity contribution in [1.82, 2.24) is 0 Å². The Labute approximate surface area is 415 Å². The molecule has 0 aromatic heterocycles. The van der Waals surface area contributed by atoms with Gasteiger partial charge < -0.3 is 14.2 Å². The first-order valence-electron chi connectivity index (χ1n) is 28.8. The molecule has 6 heteroatoms. The average Bonchev–Trinajstić information content (AvgIpc) is 3.33. The second kappa shape index (κ2) is 55.7. The minimum absolute atomic E-state index is 0.0803. The highest BCUT2D eigenvalue weighted by atomic mass is 16.6. The molecule has 6 nitrogen and oxygen atoms in total. The molecule has 0 aliphatic carbocycles. The third-order valence-corrected chi connectivity index (χ3v) is 12.6. The van der Waals surface area contributed by atoms with Gasteiger partial charge in [0.15, 0.2) is 6.10 Å². The lowest BCUT2D eigenvalue weighted by molar-refractivity contribution is -0.167. The minimum Gasteiger partial charge on any atom is -0.462 e. The number of hydrogen-bond acceptors (Lipinski definition) is 6. The Bertz CT molecular complexity index is 1210. The maximum absolute atomic E-state index is 12.9. The monoisotopic (exact) mass is 937 g/mol. The molecule has 0 amide bonds. The van der Waals surface area contributed by atoms with E-state index in [4.69, 9.17) is 14.2 Å². The maximum Gasteiger partial charge on any atom is 0.306 e. The highest BCUT2D eigenvalue weighted by molar-refractivity contribution is 5.71. The van der Waals surface area contributed by atoms with Crippen molar-refractivity contribution in [1.29, 1.82) is 0 Å². The second-order valence-electron chi connectivity index (χ2n) is 19.3. The Morgan fingerprint density at radius 1 is 0.313 bits per heavy atom. The molecule has 0 aromatic carbocycles. The van der Waals surface area contributed by atoms with Gasteiger partial charge in [0, 0.05) is 19.3 Å². The Balaban J connectivity index is 4.35. The fraction of sp³-hybridized carbons (Fsp3) is 0.787. The third-order valence-electron chi connectivity index (χ3n) is 12.6. The molecule has 0 N–H and O–H groups in total. The summed E-state index contributed by atoms with van der Waals surface area (Å²) in [6, 6.07) is 0. The van der Waals surface area contributed by atoms with Crippen LogP contribution in [0.15, 0.2) is 60.8 Å². The van der Waals surface area contributed by atoms with Gasteiger partial charge in [0.05, 0.1) is 0 Å². The van der Waals surface area contributed by atoms with Crippen LogP contribution in [0.2, 0.25) is 0 Å². The molecule has 0 radical (unpaired) electrons. The Morgan fingerprint density at radius 2 is 0.582 bits per heavy atom. The maximum atomic E-state index is 12.9. The summed E-state index contributed by atoms with van der Waals surface area (Å²) in [5, 5.41) is 0. The number of ether oxygens (including phenoxy) is 3. The van der Waals surface area contributed by atoms with Crippen molar-refractivity contribution < 1.29 is 28.6 Å². The zero-order valence-corrected chi connectivity index (χ0v) is 44.4. The van der Waals surface area contributed by atoms with E-state index in [1.807, 2.05) is 0 Å². The number of esters is 3. The van der Waals surface area contributed by atoms with Gasteiger partial charge in [0.2, 0.25) is 0 Å². The molecule has 67 heavy (non-hydrogen) atoms. The minimum atomic E-state index is -0.782. The summed E-state index contributed by atoms with van der Waals surface area (Å²) < 4.78 is 16.9. The van der Waals surface area contributed by atoms with Crippen LogP contribution in [0, 0.1) is 0 Å².